The lowest BCUT2D eigenvalue weighted by molar-refractivity contribution is 0.304. The number of hydrogen-bond acceptors (Lipinski definition) is 4. The predicted octanol–water partition coefficient (Wildman–Crippen LogP) is 3.66. The average Bonchev–Trinajstić information content (AvgIpc) is 3.26. The summed E-state index contributed by atoms with van der Waals surface area (Å²) in [6, 6.07) is 16.0. The van der Waals surface area contributed by atoms with Crippen molar-refractivity contribution in [3.63, 3.8) is 0 Å². The molecule has 0 saturated carbocycles. The molecule has 2 aromatic heterocycles. The van der Waals surface area contributed by atoms with Crippen LogP contribution in [-0.4, -0.2) is 27.5 Å². The van der Waals surface area contributed by atoms with Crippen LogP contribution >= 0.6 is 0 Å². The minimum atomic E-state index is -0.0390. The number of ether oxygens (including phenoxy) is 1. The van der Waals surface area contributed by atoms with Crippen LogP contribution in [0, 0.1) is 0 Å². The van der Waals surface area contributed by atoms with Crippen molar-refractivity contribution in [1.82, 2.24) is 14.5 Å². The van der Waals surface area contributed by atoms with E-state index in [9.17, 15) is 4.79 Å². The third kappa shape index (κ3) is 5.55. The van der Waals surface area contributed by atoms with Gasteiger partial charge in [0, 0.05) is 37.7 Å². The van der Waals surface area contributed by atoms with E-state index in [2.05, 4.69) is 34.1 Å². The largest absolute Gasteiger partial charge is 0.489 e. The molecule has 0 amide bonds. The van der Waals surface area contributed by atoms with E-state index in [0.717, 1.165) is 18.5 Å². The van der Waals surface area contributed by atoms with Crippen molar-refractivity contribution in [3.8, 4) is 5.75 Å². The quantitative estimate of drug-likeness (QED) is 0.590. The fourth-order valence-corrected chi connectivity index (χ4v) is 3.67. The van der Waals surface area contributed by atoms with Crippen LogP contribution in [0.4, 0.5) is 0 Å². The van der Waals surface area contributed by atoms with Crippen molar-refractivity contribution < 1.29 is 4.74 Å². The maximum Gasteiger partial charge on any atom is 0.254 e. The molecule has 150 valence electrons. The van der Waals surface area contributed by atoms with E-state index in [4.69, 9.17) is 4.74 Å². The van der Waals surface area contributed by atoms with Crippen molar-refractivity contribution in [3.05, 3.63) is 94.2 Å². The maximum absolute atomic E-state index is 12.4. The summed E-state index contributed by atoms with van der Waals surface area (Å²) in [4.78, 5) is 18.9. The summed E-state index contributed by atoms with van der Waals surface area (Å²) < 4.78 is 7.45. The highest BCUT2D eigenvalue weighted by molar-refractivity contribution is 5.23. The van der Waals surface area contributed by atoms with E-state index >= 15 is 0 Å². The molecule has 1 aliphatic heterocycles. The Morgan fingerprint density at radius 2 is 1.62 bits per heavy atom. The Morgan fingerprint density at radius 3 is 2.34 bits per heavy atom. The van der Waals surface area contributed by atoms with E-state index in [1.165, 1.54) is 37.1 Å². The van der Waals surface area contributed by atoms with Crippen molar-refractivity contribution in [2.45, 2.75) is 39.0 Å². The summed E-state index contributed by atoms with van der Waals surface area (Å²) in [7, 11) is 0. The standard InChI is InChI=1S/C24H27N3O2/c28-24-17-23(29-19-22-7-11-25-12-8-22)10-16-27(24)15-9-20-3-5-21(6-4-20)18-26-13-1-2-14-26/h3-8,10-12,16-17H,1-2,9,13-15,18-19H2. The molecule has 5 heteroatoms. The van der Waals surface area contributed by atoms with E-state index in [0.29, 0.717) is 18.9 Å². The van der Waals surface area contributed by atoms with Gasteiger partial charge < -0.3 is 9.30 Å². The smallest absolute Gasteiger partial charge is 0.254 e. The van der Waals surface area contributed by atoms with Gasteiger partial charge in [0.05, 0.1) is 0 Å². The topological polar surface area (TPSA) is 47.4 Å². The van der Waals surface area contributed by atoms with Gasteiger partial charge >= 0.3 is 0 Å². The molecule has 1 saturated heterocycles. The first-order chi connectivity index (χ1) is 14.3. The van der Waals surface area contributed by atoms with Crippen LogP contribution in [0.2, 0.25) is 0 Å². The van der Waals surface area contributed by atoms with Crippen LogP contribution in [0.3, 0.4) is 0 Å². The lowest BCUT2D eigenvalue weighted by atomic mass is 10.1. The van der Waals surface area contributed by atoms with Gasteiger partial charge in [-0.3, -0.25) is 14.7 Å². The summed E-state index contributed by atoms with van der Waals surface area (Å²) in [5, 5.41) is 0. The first-order valence-electron chi connectivity index (χ1n) is 10.3. The lowest BCUT2D eigenvalue weighted by Crippen LogP contribution is -2.20. The summed E-state index contributed by atoms with van der Waals surface area (Å²) >= 11 is 0. The van der Waals surface area contributed by atoms with Gasteiger partial charge in [-0.25, -0.2) is 0 Å². The predicted molar refractivity (Wildman–Crippen MR) is 114 cm³/mol. The molecule has 0 unspecified atom stereocenters. The van der Waals surface area contributed by atoms with Crippen LogP contribution in [-0.2, 0) is 26.1 Å². The monoisotopic (exact) mass is 389 g/mol. The third-order valence-corrected chi connectivity index (χ3v) is 5.39. The zero-order valence-corrected chi connectivity index (χ0v) is 16.7. The molecule has 0 aliphatic carbocycles. The second-order valence-electron chi connectivity index (χ2n) is 7.59. The highest BCUT2D eigenvalue weighted by Gasteiger charge is 2.11. The molecule has 0 bridgehead atoms. The van der Waals surface area contributed by atoms with E-state index in [1.807, 2.05) is 24.4 Å². The van der Waals surface area contributed by atoms with Gasteiger partial charge in [-0.15, -0.1) is 0 Å². The fraction of sp³-hybridized carbons (Fsp3) is 0.333. The van der Waals surface area contributed by atoms with Crippen LogP contribution in [0.25, 0.3) is 0 Å². The SMILES string of the molecule is O=c1cc(OCc2ccncc2)ccn1CCc1ccc(CN2CCCC2)cc1. The number of rotatable bonds is 8. The minimum Gasteiger partial charge on any atom is -0.489 e. The van der Waals surface area contributed by atoms with Gasteiger partial charge in [0.15, 0.2) is 0 Å². The van der Waals surface area contributed by atoms with Crippen molar-refractivity contribution in [1.29, 1.82) is 0 Å². The van der Waals surface area contributed by atoms with Crippen LogP contribution in [0.1, 0.15) is 29.5 Å². The molecule has 0 spiro atoms. The van der Waals surface area contributed by atoms with Gasteiger partial charge in [-0.1, -0.05) is 24.3 Å². The zero-order chi connectivity index (χ0) is 19.9. The lowest BCUT2D eigenvalue weighted by Gasteiger charge is -2.14. The molecule has 3 aromatic rings. The van der Waals surface area contributed by atoms with E-state index in [-0.39, 0.29) is 5.56 Å². The minimum absolute atomic E-state index is 0.0390. The zero-order valence-electron chi connectivity index (χ0n) is 16.7. The first kappa shape index (κ1) is 19.4. The molecule has 4 rings (SSSR count). The molecule has 0 radical (unpaired) electrons. The van der Waals surface area contributed by atoms with Crippen molar-refractivity contribution >= 4 is 0 Å². The highest BCUT2D eigenvalue weighted by Crippen LogP contribution is 2.14. The Balaban J connectivity index is 1.29. The Bertz CT molecular complexity index is 961. The highest BCUT2D eigenvalue weighted by atomic mass is 16.5. The third-order valence-electron chi connectivity index (χ3n) is 5.39. The Hall–Kier alpha value is -2.92. The Morgan fingerprint density at radius 1 is 0.897 bits per heavy atom. The molecule has 1 aliphatic rings. The normalized spacial score (nSPS) is 14.2. The maximum atomic E-state index is 12.4. The van der Waals surface area contributed by atoms with Crippen LogP contribution in [0.5, 0.6) is 5.75 Å². The number of benzene rings is 1. The summed E-state index contributed by atoms with van der Waals surface area (Å²) in [5.41, 5.74) is 3.60. The second-order valence-corrected chi connectivity index (χ2v) is 7.59. The molecular weight excluding hydrogens is 362 g/mol. The van der Waals surface area contributed by atoms with Crippen molar-refractivity contribution in [2.24, 2.45) is 0 Å². The van der Waals surface area contributed by atoms with Gasteiger partial charge in [0.25, 0.3) is 5.56 Å². The number of likely N-dealkylation sites (tertiary alicyclic amines) is 1. The molecule has 1 aromatic carbocycles. The number of pyridine rings is 2. The summed E-state index contributed by atoms with van der Waals surface area (Å²) in [6.45, 7) is 4.56. The summed E-state index contributed by atoms with van der Waals surface area (Å²) in [6.07, 6.45) is 8.75. The molecule has 5 nitrogen and oxygen atoms in total. The number of nitrogens with zero attached hydrogens (tertiary/aromatic N) is 3. The number of hydrogen-bond donors (Lipinski definition) is 0. The number of aromatic nitrogens is 2. The van der Waals surface area contributed by atoms with Gasteiger partial charge in [0.2, 0.25) is 0 Å². The molecule has 3 heterocycles. The Kier molecular flexibility index (Phi) is 6.37. The second kappa shape index (κ2) is 9.52. The molecule has 29 heavy (non-hydrogen) atoms. The fourth-order valence-electron chi connectivity index (χ4n) is 3.67. The first-order valence-corrected chi connectivity index (χ1v) is 10.3. The number of aryl methyl sites for hydroxylation is 2. The van der Waals surface area contributed by atoms with Crippen molar-refractivity contribution in [2.75, 3.05) is 13.1 Å². The van der Waals surface area contributed by atoms with Crippen LogP contribution < -0.4 is 10.3 Å². The van der Waals surface area contributed by atoms with Gasteiger partial charge in [0.1, 0.15) is 12.4 Å². The molecule has 0 atom stereocenters. The molecular formula is C24H27N3O2. The van der Waals surface area contributed by atoms with E-state index in [1.54, 1.807) is 23.0 Å². The Labute approximate surface area is 171 Å². The van der Waals surface area contributed by atoms with Crippen LogP contribution in [0.15, 0.2) is 71.9 Å². The molecule has 0 N–H and O–H groups in total. The van der Waals surface area contributed by atoms with Gasteiger partial charge in [-0.2, -0.15) is 0 Å². The van der Waals surface area contributed by atoms with E-state index < -0.39 is 0 Å². The summed E-state index contributed by atoms with van der Waals surface area (Å²) in [5.74, 6) is 0.592. The molecule has 1 fully saturated rings. The van der Waals surface area contributed by atoms with Gasteiger partial charge in [-0.05, 0) is 67.2 Å². The average molecular weight is 389 g/mol.